The van der Waals surface area contributed by atoms with Gasteiger partial charge in [0.15, 0.2) is 0 Å². The Bertz CT molecular complexity index is 692. The molecule has 4 nitrogen and oxygen atoms in total. The number of benzene rings is 2. The summed E-state index contributed by atoms with van der Waals surface area (Å²) in [6.07, 6.45) is 0. The molecule has 0 bridgehead atoms. The average Bonchev–Trinajstić information content (AvgIpc) is 2.53. The van der Waals surface area contributed by atoms with E-state index in [1.807, 2.05) is 42.5 Å². The maximum atomic E-state index is 11.8. The zero-order valence-electron chi connectivity index (χ0n) is 11.1. The van der Waals surface area contributed by atoms with E-state index in [1.54, 1.807) is 6.07 Å². The number of para-hydroxylation sites is 1. The van der Waals surface area contributed by atoms with Crippen LogP contribution >= 0.6 is 0 Å². The lowest BCUT2D eigenvalue weighted by molar-refractivity contribution is 0.0600. The molecule has 0 saturated heterocycles. The van der Waals surface area contributed by atoms with Crippen molar-refractivity contribution in [2.24, 2.45) is 4.99 Å². The predicted octanol–water partition coefficient (Wildman–Crippen LogP) is 2.85. The van der Waals surface area contributed by atoms with Crippen LogP contribution in [0.15, 0.2) is 53.5 Å². The lowest BCUT2D eigenvalue weighted by atomic mass is 10.0. The van der Waals surface area contributed by atoms with Crippen molar-refractivity contribution in [3.63, 3.8) is 0 Å². The standard InChI is InChI=1S/C16H14N2O2/c1-20-16(19)13-8-4-3-7-12(13)15-17-10-11-6-2-5-9-14(11)18-15/h2-9H,10H2,1H3,(H,17,18). The monoisotopic (exact) mass is 266 g/mol. The summed E-state index contributed by atoms with van der Waals surface area (Å²) >= 11 is 0. The van der Waals surface area contributed by atoms with Crippen molar-refractivity contribution in [1.29, 1.82) is 0 Å². The number of anilines is 1. The van der Waals surface area contributed by atoms with Gasteiger partial charge >= 0.3 is 5.97 Å². The van der Waals surface area contributed by atoms with E-state index in [2.05, 4.69) is 10.3 Å². The van der Waals surface area contributed by atoms with Gasteiger partial charge < -0.3 is 10.1 Å². The molecule has 1 N–H and O–H groups in total. The Morgan fingerprint density at radius 2 is 1.90 bits per heavy atom. The van der Waals surface area contributed by atoms with Gasteiger partial charge in [-0.15, -0.1) is 0 Å². The van der Waals surface area contributed by atoms with Crippen LogP contribution in [0.5, 0.6) is 0 Å². The topological polar surface area (TPSA) is 50.7 Å². The van der Waals surface area contributed by atoms with Gasteiger partial charge in [0, 0.05) is 11.3 Å². The largest absolute Gasteiger partial charge is 0.465 e. The summed E-state index contributed by atoms with van der Waals surface area (Å²) in [6.45, 7) is 0.605. The van der Waals surface area contributed by atoms with E-state index in [9.17, 15) is 4.79 Å². The Balaban J connectivity index is 2.00. The predicted molar refractivity (Wildman–Crippen MR) is 78.1 cm³/mol. The summed E-state index contributed by atoms with van der Waals surface area (Å²) in [5, 5.41) is 3.27. The Morgan fingerprint density at radius 3 is 2.75 bits per heavy atom. The molecule has 1 heterocycles. The fraction of sp³-hybridized carbons (Fsp3) is 0.125. The van der Waals surface area contributed by atoms with Gasteiger partial charge in [-0.25, -0.2) is 4.79 Å². The third-order valence-electron chi connectivity index (χ3n) is 3.27. The third kappa shape index (κ3) is 2.16. The van der Waals surface area contributed by atoms with Gasteiger partial charge in [0.2, 0.25) is 0 Å². The molecular formula is C16H14N2O2. The fourth-order valence-corrected chi connectivity index (χ4v) is 2.24. The zero-order chi connectivity index (χ0) is 13.9. The maximum absolute atomic E-state index is 11.8. The van der Waals surface area contributed by atoms with Gasteiger partial charge in [0.05, 0.1) is 19.2 Å². The SMILES string of the molecule is COC(=O)c1ccccc1C1=NCc2ccccc2N1. The Kier molecular flexibility index (Phi) is 3.21. The number of hydrogen-bond acceptors (Lipinski definition) is 4. The smallest absolute Gasteiger partial charge is 0.338 e. The molecule has 0 spiro atoms. The number of carbonyl (C=O) groups is 1. The lowest BCUT2D eigenvalue weighted by Crippen LogP contribution is -2.22. The molecule has 0 atom stereocenters. The molecule has 0 radical (unpaired) electrons. The van der Waals surface area contributed by atoms with Crippen LogP contribution in [-0.4, -0.2) is 18.9 Å². The molecule has 0 aromatic heterocycles. The van der Waals surface area contributed by atoms with Gasteiger partial charge in [-0.3, -0.25) is 4.99 Å². The number of nitrogens with zero attached hydrogens (tertiary/aromatic N) is 1. The molecule has 3 rings (SSSR count). The second-order valence-electron chi connectivity index (χ2n) is 4.48. The van der Waals surface area contributed by atoms with Crippen LogP contribution in [-0.2, 0) is 11.3 Å². The highest BCUT2D eigenvalue weighted by Gasteiger charge is 2.18. The molecular weight excluding hydrogens is 252 g/mol. The number of fused-ring (bicyclic) bond motifs is 1. The first kappa shape index (κ1) is 12.4. The molecule has 0 aliphatic carbocycles. The van der Waals surface area contributed by atoms with Crippen molar-refractivity contribution in [1.82, 2.24) is 0 Å². The minimum absolute atomic E-state index is 0.357. The second kappa shape index (κ2) is 5.17. The molecule has 2 aromatic carbocycles. The van der Waals surface area contributed by atoms with Gasteiger partial charge in [0.1, 0.15) is 5.84 Å². The molecule has 0 amide bonds. The van der Waals surface area contributed by atoms with Crippen LogP contribution in [0.3, 0.4) is 0 Å². The van der Waals surface area contributed by atoms with Crippen LogP contribution in [0.2, 0.25) is 0 Å². The normalized spacial score (nSPS) is 12.9. The average molecular weight is 266 g/mol. The minimum atomic E-state index is -0.357. The van der Waals surface area contributed by atoms with Crippen molar-refractivity contribution >= 4 is 17.5 Å². The molecule has 0 saturated carbocycles. The van der Waals surface area contributed by atoms with Crippen molar-refractivity contribution < 1.29 is 9.53 Å². The van der Waals surface area contributed by atoms with Crippen LogP contribution in [0.25, 0.3) is 0 Å². The Hall–Kier alpha value is -2.62. The number of methoxy groups -OCH3 is 1. The number of hydrogen-bond donors (Lipinski definition) is 1. The van der Waals surface area contributed by atoms with Gasteiger partial charge in [-0.2, -0.15) is 0 Å². The van der Waals surface area contributed by atoms with E-state index in [4.69, 9.17) is 4.74 Å². The van der Waals surface area contributed by atoms with E-state index in [-0.39, 0.29) is 5.97 Å². The number of ether oxygens (including phenoxy) is 1. The molecule has 2 aromatic rings. The molecule has 1 aliphatic heterocycles. The maximum Gasteiger partial charge on any atom is 0.338 e. The highest BCUT2D eigenvalue weighted by molar-refractivity contribution is 6.14. The number of carbonyl (C=O) groups excluding carboxylic acids is 1. The first-order valence-corrected chi connectivity index (χ1v) is 6.36. The number of esters is 1. The molecule has 20 heavy (non-hydrogen) atoms. The van der Waals surface area contributed by atoms with Crippen LogP contribution in [0.4, 0.5) is 5.69 Å². The van der Waals surface area contributed by atoms with Crippen molar-refractivity contribution in [3.05, 3.63) is 65.2 Å². The van der Waals surface area contributed by atoms with Crippen LogP contribution in [0.1, 0.15) is 21.5 Å². The van der Waals surface area contributed by atoms with Crippen molar-refractivity contribution in [2.75, 3.05) is 12.4 Å². The van der Waals surface area contributed by atoms with E-state index in [1.165, 1.54) is 7.11 Å². The van der Waals surface area contributed by atoms with Gasteiger partial charge in [-0.05, 0) is 17.7 Å². The lowest BCUT2D eigenvalue weighted by Gasteiger charge is -2.19. The number of nitrogens with one attached hydrogen (secondary N) is 1. The minimum Gasteiger partial charge on any atom is -0.465 e. The summed E-state index contributed by atoms with van der Waals surface area (Å²) in [5.41, 5.74) is 3.44. The van der Waals surface area contributed by atoms with Crippen LogP contribution < -0.4 is 5.32 Å². The molecule has 1 aliphatic rings. The highest BCUT2D eigenvalue weighted by Crippen LogP contribution is 2.23. The quantitative estimate of drug-likeness (QED) is 0.850. The van der Waals surface area contributed by atoms with Crippen molar-refractivity contribution in [2.45, 2.75) is 6.54 Å². The molecule has 4 heteroatoms. The number of aliphatic imine (C=N–C) groups is 1. The first-order chi connectivity index (χ1) is 9.79. The number of amidine groups is 1. The summed E-state index contributed by atoms with van der Waals surface area (Å²) in [7, 11) is 1.38. The van der Waals surface area contributed by atoms with E-state index < -0.39 is 0 Å². The number of rotatable bonds is 2. The molecule has 0 unspecified atom stereocenters. The van der Waals surface area contributed by atoms with Gasteiger partial charge in [-0.1, -0.05) is 36.4 Å². The summed E-state index contributed by atoms with van der Waals surface area (Å²) in [4.78, 5) is 16.3. The van der Waals surface area contributed by atoms with Crippen LogP contribution in [0, 0.1) is 0 Å². The summed E-state index contributed by atoms with van der Waals surface area (Å²) < 4.78 is 4.82. The third-order valence-corrected chi connectivity index (χ3v) is 3.27. The Labute approximate surface area is 117 Å². The zero-order valence-corrected chi connectivity index (χ0v) is 11.1. The van der Waals surface area contributed by atoms with Crippen molar-refractivity contribution in [3.8, 4) is 0 Å². The molecule has 100 valence electrons. The first-order valence-electron chi connectivity index (χ1n) is 6.36. The highest BCUT2D eigenvalue weighted by atomic mass is 16.5. The summed E-state index contributed by atoms with van der Waals surface area (Å²) in [6, 6.07) is 15.3. The Morgan fingerprint density at radius 1 is 1.15 bits per heavy atom. The van der Waals surface area contributed by atoms with E-state index >= 15 is 0 Å². The summed E-state index contributed by atoms with van der Waals surface area (Å²) in [5.74, 6) is 0.341. The van der Waals surface area contributed by atoms with Gasteiger partial charge in [0.25, 0.3) is 0 Å². The van der Waals surface area contributed by atoms with E-state index in [0.717, 1.165) is 16.8 Å². The van der Waals surface area contributed by atoms with E-state index in [0.29, 0.717) is 17.9 Å². The fourth-order valence-electron chi connectivity index (χ4n) is 2.24. The molecule has 0 fully saturated rings. The second-order valence-corrected chi connectivity index (χ2v) is 4.48.